The Morgan fingerprint density at radius 3 is 2.19 bits per heavy atom. The van der Waals surface area contributed by atoms with Gasteiger partial charge < -0.3 is 9.47 Å². The molecule has 0 N–H and O–H groups in total. The molecule has 0 unspecified atom stereocenters. The predicted molar refractivity (Wildman–Crippen MR) is 160 cm³/mol. The highest BCUT2D eigenvalue weighted by Crippen LogP contribution is 2.45. The number of carbonyl (C=O) groups is 1. The summed E-state index contributed by atoms with van der Waals surface area (Å²) in [6, 6.07) is 13.0. The fraction of sp³-hybridized carbons (Fsp3) is 0.400. The highest BCUT2D eigenvalue weighted by Gasteiger charge is 2.44. The van der Waals surface area contributed by atoms with Crippen LogP contribution in [0, 0.1) is 23.7 Å². The molecule has 37 heavy (non-hydrogen) atoms. The van der Waals surface area contributed by atoms with Gasteiger partial charge in [-0.15, -0.1) is 7.92 Å². The van der Waals surface area contributed by atoms with E-state index < -0.39 is 0 Å². The maximum atomic E-state index is 12.3. The third-order valence-electron chi connectivity index (χ3n) is 5.64. The molecule has 0 amide bonds. The van der Waals surface area contributed by atoms with E-state index in [9.17, 15) is 10.1 Å². The van der Waals surface area contributed by atoms with E-state index >= 15 is 0 Å². The molecule has 4 nitrogen and oxygen atoms in total. The van der Waals surface area contributed by atoms with Crippen LogP contribution in [0.25, 0.3) is 11.6 Å². The molecule has 1 fully saturated rings. The van der Waals surface area contributed by atoms with Gasteiger partial charge in [0.15, 0.2) is 5.78 Å². The average Bonchev–Trinajstić information content (AvgIpc) is 3.64. The van der Waals surface area contributed by atoms with Gasteiger partial charge in [0.1, 0.15) is 12.4 Å². The second-order valence-electron chi connectivity index (χ2n) is 8.95. The first kappa shape index (κ1) is 32.7. The largest absolute Gasteiger partial charge is 0.502 e. The van der Waals surface area contributed by atoms with Crippen LogP contribution < -0.4 is 4.74 Å². The molecule has 2 aromatic rings. The molecular weight excluding hydrogens is 524 g/mol. The topological polar surface area (TPSA) is 59.3 Å². The van der Waals surface area contributed by atoms with Crippen LogP contribution in [0.15, 0.2) is 49.2 Å². The van der Waals surface area contributed by atoms with E-state index in [4.69, 9.17) is 27.9 Å². The molecule has 0 aromatic heterocycles. The van der Waals surface area contributed by atoms with Crippen molar-refractivity contribution in [1.29, 1.82) is 5.26 Å². The molecule has 1 saturated carbocycles. The summed E-state index contributed by atoms with van der Waals surface area (Å²) in [4.78, 5) is 12.3. The standard InChI is InChI=1S/C22H19Cl2NO2.C4H8O.C4H11P/c1-14-9-17(23)3-5-19(14)20(15(2)26)11-16-10-18(24)4-6-21(16)27-13-22(12-25)7-8-22;1-3-5-4-2;1-4-5(2)3/h3-6,9-11H,7-8,13H2,1-2H3;3H,1,4H2,2H3;4H2,1-3H3/b20-11-;;. The fourth-order valence-corrected chi connectivity index (χ4v) is 3.40. The van der Waals surface area contributed by atoms with Gasteiger partial charge >= 0.3 is 0 Å². The normalized spacial score (nSPS) is 13.2. The molecule has 0 spiro atoms. The molecule has 0 atom stereocenters. The maximum Gasteiger partial charge on any atom is 0.160 e. The predicted octanol–water partition coefficient (Wildman–Crippen LogP) is 9.03. The lowest BCUT2D eigenvalue weighted by Gasteiger charge is -2.14. The third-order valence-corrected chi connectivity index (χ3v) is 7.38. The first-order valence-corrected chi connectivity index (χ1v) is 15.4. The minimum atomic E-state index is -0.378. The summed E-state index contributed by atoms with van der Waals surface area (Å²) in [5.74, 6) is 0.535. The number of nitriles is 1. The zero-order valence-electron chi connectivity index (χ0n) is 22.7. The number of hydrogen-bond acceptors (Lipinski definition) is 4. The van der Waals surface area contributed by atoms with Crippen LogP contribution >= 0.6 is 31.1 Å². The number of aryl methyl sites for hydroxylation is 1. The van der Waals surface area contributed by atoms with Crippen molar-refractivity contribution in [2.24, 2.45) is 5.41 Å². The van der Waals surface area contributed by atoms with Crippen molar-refractivity contribution >= 4 is 48.6 Å². The van der Waals surface area contributed by atoms with Gasteiger partial charge in [-0.2, -0.15) is 5.26 Å². The molecule has 1 aliphatic carbocycles. The first-order valence-electron chi connectivity index (χ1n) is 12.2. The van der Waals surface area contributed by atoms with Gasteiger partial charge in [-0.05, 0) is 101 Å². The van der Waals surface area contributed by atoms with Crippen LogP contribution in [-0.4, -0.2) is 38.5 Å². The van der Waals surface area contributed by atoms with E-state index in [2.05, 4.69) is 37.6 Å². The molecule has 0 bridgehead atoms. The molecule has 0 radical (unpaired) electrons. The van der Waals surface area contributed by atoms with Crippen molar-refractivity contribution < 1.29 is 14.3 Å². The van der Waals surface area contributed by atoms with E-state index in [1.54, 1.807) is 30.3 Å². The lowest BCUT2D eigenvalue weighted by atomic mass is 9.95. The van der Waals surface area contributed by atoms with Gasteiger partial charge in [0.2, 0.25) is 0 Å². The van der Waals surface area contributed by atoms with Crippen molar-refractivity contribution in [1.82, 2.24) is 0 Å². The number of rotatable bonds is 9. The number of ketones is 1. The Labute approximate surface area is 234 Å². The monoisotopic (exact) mass is 561 g/mol. The van der Waals surface area contributed by atoms with Crippen molar-refractivity contribution in [3.63, 3.8) is 0 Å². The second-order valence-corrected chi connectivity index (χ2v) is 12.6. The van der Waals surface area contributed by atoms with Gasteiger partial charge in [0.25, 0.3) is 0 Å². The van der Waals surface area contributed by atoms with Gasteiger partial charge in [-0.3, -0.25) is 4.79 Å². The van der Waals surface area contributed by atoms with Crippen LogP contribution in [0.5, 0.6) is 5.75 Å². The zero-order chi connectivity index (χ0) is 28.0. The molecule has 0 heterocycles. The number of hydrogen-bond donors (Lipinski definition) is 0. The number of nitrogens with zero attached hydrogens (tertiary/aromatic N) is 1. The Bertz CT molecular complexity index is 1120. The molecule has 0 aliphatic heterocycles. The van der Waals surface area contributed by atoms with Gasteiger partial charge in [0, 0.05) is 21.2 Å². The number of allylic oxidation sites excluding steroid dienone is 1. The van der Waals surface area contributed by atoms with Gasteiger partial charge in [0.05, 0.1) is 24.4 Å². The summed E-state index contributed by atoms with van der Waals surface area (Å²) in [6.07, 6.45) is 6.29. The summed E-state index contributed by atoms with van der Waals surface area (Å²) in [5.41, 5.74) is 2.61. The third kappa shape index (κ3) is 11.7. The minimum Gasteiger partial charge on any atom is -0.502 e. The lowest BCUT2D eigenvalue weighted by Crippen LogP contribution is -2.11. The van der Waals surface area contributed by atoms with Crippen LogP contribution in [0.3, 0.4) is 0 Å². The van der Waals surface area contributed by atoms with Crippen molar-refractivity contribution in [3.05, 3.63) is 76.0 Å². The Morgan fingerprint density at radius 1 is 1.16 bits per heavy atom. The SMILES string of the molecule is C=COCC.CC(=O)/C(=C/c1cc(Cl)ccc1OCC1(C#N)CC1)c1ccc(Cl)cc1C.CCP(C)C. The number of carbonyl (C=O) groups excluding carboxylic acids is 1. The molecule has 200 valence electrons. The molecular formula is C30H38Cl2NO3P. The van der Waals surface area contributed by atoms with E-state index in [0.717, 1.165) is 30.6 Å². The van der Waals surface area contributed by atoms with Crippen molar-refractivity contribution in [2.45, 2.75) is 40.5 Å². The number of Topliss-reactive ketones (excluding diaryl/α,β-unsaturated/α-hetero) is 1. The molecule has 1 aliphatic rings. The highest BCUT2D eigenvalue weighted by atomic mass is 35.5. The minimum absolute atomic E-state index is 0.0676. The number of halogens is 2. The second kappa shape index (κ2) is 16.5. The van der Waals surface area contributed by atoms with Crippen LogP contribution in [0.2, 0.25) is 10.0 Å². The Morgan fingerprint density at radius 2 is 1.76 bits per heavy atom. The van der Waals surface area contributed by atoms with E-state index in [-0.39, 0.29) is 11.2 Å². The Balaban J connectivity index is 0.000000583. The van der Waals surface area contributed by atoms with Gasteiger partial charge in [-0.25, -0.2) is 0 Å². The van der Waals surface area contributed by atoms with Crippen LogP contribution in [0.4, 0.5) is 0 Å². The average molecular weight is 563 g/mol. The van der Waals surface area contributed by atoms with E-state index in [1.165, 1.54) is 19.3 Å². The van der Waals surface area contributed by atoms with Crippen molar-refractivity contribution in [2.75, 3.05) is 32.7 Å². The summed E-state index contributed by atoms with van der Waals surface area (Å²) in [6.45, 7) is 16.6. The molecule has 7 heteroatoms. The molecule has 0 saturated heterocycles. The van der Waals surface area contributed by atoms with Crippen LogP contribution in [-0.2, 0) is 9.53 Å². The Hall–Kier alpha value is -2.31. The van der Waals surface area contributed by atoms with Crippen LogP contribution in [0.1, 0.15) is 50.3 Å². The van der Waals surface area contributed by atoms with E-state index in [1.807, 2.05) is 26.0 Å². The number of benzene rings is 2. The quantitative estimate of drug-likeness (QED) is 0.132. The summed E-state index contributed by atoms with van der Waals surface area (Å²) < 4.78 is 10.5. The summed E-state index contributed by atoms with van der Waals surface area (Å²) >= 11 is 12.2. The fourth-order valence-electron chi connectivity index (χ4n) is 2.99. The van der Waals surface area contributed by atoms with E-state index in [0.29, 0.717) is 41.5 Å². The highest BCUT2D eigenvalue weighted by molar-refractivity contribution is 7.55. The Kier molecular flexibility index (Phi) is 14.6. The zero-order valence-corrected chi connectivity index (χ0v) is 25.1. The maximum absolute atomic E-state index is 12.3. The van der Waals surface area contributed by atoms with Gasteiger partial charge in [-0.1, -0.05) is 42.8 Å². The molecule has 2 aromatic carbocycles. The molecule has 3 rings (SSSR count). The smallest absolute Gasteiger partial charge is 0.160 e. The number of ether oxygens (including phenoxy) is 2. The summed E-state index contributed by atoms with van der Waals surface area (Å²) in [7, 11) is 0.402. The lowest BCUT2D eigenvalue weighted by molar-refractivity contribution is -0.111. The van der Waals surface area contributed by atoms with Crippen molar-refractivity contribution in [3.8, 4) is 11.8 Å². The summed E-state index contributed by atoms with van der Waals surface area (Å²) in [5, 5.41) is 10.4. The first-order chi connectivity index (χ1) is 17.5.